The fraction of sp³-hybridized carbons (Fsp3) is 0.353. The number of ether oxygens (including phenoxy) is 1. The summed E-state index contributed by atoms with van der Waals surface area (Å²) in [4.78, 5) is 16.1. The van der Waals surface area contributed by atoms with E-state index in [1.165, 1.54) is 12.4 Å². The second kappa shape index (κ2) is 7.90. The lowest BCUT2D eigenvalue weighted by Gasteiger charge is -2.29. The van der Waals surface area contributed by atoms with Crippen molar-refractivity contribution in [3.05, 3.63) is 47.0 Å². The first-order valence-corrected chi connectivity index (χ1v) is 8.34. The Kier molecular flexibility index (Phi) is 5.41. The highest BCUT2D eigenvalue weighted by molar-refractivity contribution is 6.31. The average Bonchev–Trinajstić information content (AvgIpc) is 2.64. The molecule has 1 fully saturated rings. The van der Waals surface area contributed by atoms with Crippen LogP contribution >= 0.6 is 11.6 Å². The number of rotatable bonds is 4. The Morgan fingerprint density at radius 1 is 1.36 bits per heavy atom. The average molecular weight is 358 g/mol. The van der Waals surface area contributed by atoms with Gasteiger partial charge in [0.05, 0.1) is 17.3 Å². The molecule has 3 rings (SSSR count). The first-order valence-electron chi connectivity index (χ1n) is 7.96. The molecule has 0 radical (unpaired) electrons. The van der Waals surface area contributed by atoms with Gasteiger partial charge in [-0.25, -0.2) is 4.98 Å². The number of pyridine rings is 1. The summed E-state index contributed by atoms with van der Waals surface area (Å²) < 4.78 is 5.88. The fourth-order valence-electron chi connectivity index (χ4n) is 2.77. The molecule has 2 heterocycles. The number of nitriles is 1. The van der Waals surface area contributed by atoms with Crippen molar-refractivity contribution in [2.24, 2.45) is 0 Å². The molecule has 0 atom stereocenters. The summed E-state index contributed by atoms with van der Waals surface area (Å²) in [5.41, 5.74) is 0.503. The third-order valence-corrected chi connectivity index (χ3v) is 4.33. The van der Waals surface area contributed by atoms with Crippen molar-refractivity contribution in [1.29, 1.82) is 5.26 Å². The molecule has 1 amide bonds. The van der Waals surface area contributed by atoms with E-state index in [1.807, 2.05) is 6.07 Å². The summed E-state index contributed by atoms with van der Waals surface area (Å²) in [6, 6.07) is 6.94. The smallest absolute Gasteiger partial charge is 0.272 e. The predicted molar refractivity (Wildman–Crippen MR) is 90.1 cm³/mol. The van der Waals surface area contributed by atoms with Gasteiger partial charge < -0.3 is 10.1 Å². The molecule has 0 unspecified atom stereocenters. The van der Waals surface area contributed by atoms with Crippen LogP contribution in [0.1, 0.15) is 41.9 Å². The van der Waals surface area contributed by atoms with Crippen molar-refractivity contribution in [3.8, 4) is 11.8 Å². The number of aromatic nitrogens is 3. The van der Waals surface area contributed by atoms with Crippen LogP contribution in [0.25, 0.3) is 0 Å². The lowest BCUT2D eigenvalue weighted by molar-refractivity contribution is 0.0888. The van der Waals surface area contributed by atoms with Crippen LogP contribution in [0.2, 0.25) is 5.02 Å². The highest BCUT2D eigenvalue weighted by Crippen LogP contribution is 2.26. The molecule has 7 nitrogen and oxygen atoms in total. The van der Waals surface area contributed by atoms with E-state index in [0.29, 0.717) is 11.4 Å². The molecule has 8 heteroatoms. The molecule has 25 heavy (non-hydrogen) atoms. The van der Waals surface area contributed by atoms with Crippen LogP contribution in [0.15, 0.2) is 30.6 Å². The maximum atomic E-state index is 12.1. The zero-order valence-corrected chi connectivity index (χ0v) is 14.1. The molecular formula is C17H16ClN5O2. The van der Waals surface area contributed by atoms with E-state index in [1.54, 1.807) is 18.2 Å². The van der Waals surface area contributed by atoms with E-state index in [-0.39, 0.29) is 28.8 Å². The van der Waals surface area contributed by atoms with Gasteiger partial charge in [-0.3, -0.25) is 4.79 Å². The number of carbonyl (C=O) groups is 1. The van der Waals surface area contributed by atoms with Gasteiger partial charge in [0.25, 0.3) is 5.91 Å². The number of nitrogens with one attached hydrogen (secondary N) is 1. The van der Waals surface area contributed by atoms with Crippen molar-refractivity contribution in [3.63, 3.8) is 0 Å². The minimum atomic E-state index is -0.208. The van der Waals surface area contributed by atoms with Gasteiger partial charge in [-0.1, -0.05) is 11.6 Å². The number of hydrogen-bond donors (Lipinski definition) is 1. The minimum absolute atomic E-state index is 0.0375. The molecular weight excluding hydrogens is 342 g/mol. The molecule has 0 saturated heterocycles. The largest absolute Gasteiger partial charge is 0.489 e. The van der Waals surface area contributed by atoms with Crippen LogP contribution in [0.5, 0.6) is 5.75 Å². The Labute approximate surface area is 150 Å². The number of halogens is 1. The zero-order valence-electron chi connectivity index (χ0n) is 13.4. The minimum Gasteiger partial charge on any atom is -0.489 e. The Morgan fingerprint density at radius 2 is 2.16 bits per heavy atom. The lowest BCUT2D eigenvalue weighted by atomic mass is 9.93. The highest BCUT2D eigenvalue weighted by Gasteiger charge is 2.24. The highest BCUT2D eigenvalue weighted by atomic mass is 35.5. The number of hydrogen-bond acceptors (Lipinski definition) is 6. The first kappa shape index (κ1) is 17.1. The molecule has 0 aromatic carbocycles. The third kappa shape index (κ3) is 4.43. The van der Waals surface area contributed by atoms with Crippen LogP contribution < -0.4 is 10.1 Å². The van der Waals surface area contributed by atoms with Crippen LogP contribution in [-0.4, -0.2) is 33.2 Å². The van der Waals surface area contributed by atoms with Crippen molar-refractivity contribution in [2.75, 3.05) is 0 Å². The maximum Gasteiger partial charge on any atom is 0.272 e. The molecule has 2 aromatic rings. The molecule has 0 spiro atoms. The van der Waals surface area contributed by atoms with Crippen LogP contribution in [-0.2, 0) is 0 Å². The molecule has 1 aliphatic rings. The van der Waals surface area contributed by atoms with E-state index in [2.05, 4.69) is 20.5 Å². The van der Waals surface area contributed by atoms with Gasteiger partial charge in [0.1, 0.15) is 11.8 Å². The van der Waals surface area contributed by atoms with Gasteiger partial charge in [0.2, 0.25) is 0 Å². The topological polar surface area (TPSA) is 101 Å². The van der Waals surface area contributed by atoms with Crippen molar-refractivity contribution >= 4 is 17.5 Å². The molecule has 0 aliphatic heterocycles. The van der Waals surface area contributed by atoms with Crippen LogP contribution in [0, 0.1) is 11.3 Å². The second-order valence-electron chi connectivity index (χ2n) is 5.79. The Morgan fingerprint density at radius 3 is 2.80 bits per heavy atom. The van der Waals surface area contributed by atoms with Crippen LogP contribution in [0.3, 0.4) is 0 Å². The SMILES string of the molecule is N#Cc1ncc(O[C@H]2CC[C@H](NC(=O)c3cccnn3)CC2)cc1Cl. The standard InChI is InChI=1S/C17H16ClN5O2/c18-14-8-13(10-20-16(14)9-19)25-12-5-3-11(4-6-12)22-17(24)15-2-1-7-21-23-15/h1-2,7-8,10-12H,3-6H2,(H,22,24)/t11-,12-. The van der Waals surface area contributed by atoms with E-state index < -0.39 is 0 Å². The van der Waals surface area contributed by atoms with Gasteiger partial charge in [-0.2, -0.15) is 10.4 Å². The lowest BCUT2D eigenvalue weighted by Crippen LogP contribution is -2.40. The Hall–Kier alpha value is -2.72. The van der Waals surface area contributed by atoms with Crippen molar-refractivity contribution in [1.82, 2.24) is 20.5 Å². The summed E-state index contributed by atoms with van der Waals surface area (Å²) >= 11 is 5.96. The van der Waals surface area contributed by atoms with Gasteiger partial charge in [0, 0.05) is 18.3 Å². The van der Waals surface area contributed by atoms with Gasteiger partial charge >= 0.3 is 0 Å². The van der Waals surface area contributed by atoms with Gasteiger partial charge in [-0.05, 0) is 37.8 Å². The predicted octanol–water partition coefficient (Wildman–Crippen LogP) is 2.52. The molecule has 128 valence electrons. The van der Waals surface area contributed by atoms with Crippen molar-refractivity contribution in [2.45, 2.75) is 37.8 Å². The summed E-state index contributed by atoms with van der Waals surface area (Å²) in [7, 11) is 0. The fourth-order valence-corrected chi connectivity index (χ4v) is 2.97. The molecule has 2 aromatic heterocycles. The summed E-state index contributed by atoms with van der Waals surface area (Å²) in [5.74, 6) is 0.344. The maximum absolute atomic E-state index is 12.1. The number of amides is 1. The molecule has 0 bridgehead atoms. The number of carbonyl (C=O) groups excluding carboxylic acids is 1. The van der Waals surface area contributed by atoms with E-state index >= 15 is 0 Å². The van der Waals surface area contributed by atoms with E-state index in [0.717, 1.165) is 25.7 Å². The molecule has 1 aliphatic carbocycles. The summed E-state index contributed by atoms with van der Waals surface area (Å²) in [6.45, 7) is 0. The van der Waals surface area contributed by atoms with Gasteiger partial charge in [-0.15, -0.1) is 5.10 Å². The monoisotopic (exact) mass is 357 g/mol. The Bertz CT molecular complexity index is 785. The zero-order chi connectivity index (χ0) is 17.6. The van der Waals surface area contributed by atoms with Gasteiger partial charge in [0.15, 0.2) is 11.4 Å². The molecule has 1 saturated carbocycles. The Balaban J connectivity index is 1.50. The quantitative estimate of drug-likeness (QED) is 0.902. The van der Waals surface area contributed by atoms with E-state index in [4.69, 9.17) is 21.6 Å². The summed E-state index contributed by atoms with van der Waals surface area (Å²) in [5, 5.41) is 19.6. The van der Waals surface area contributed by atoms with Crippen molar-refractivity contribution < 1.29 is 9.53 Å². The normalized spacial score (nSPS) is 19.7. The first-order chi connectivity index (χ1) is 12.2. The second-order valence-corrected chi connectivity index (χ2v) is 6.19. The van der Waals surface area contributed by atoms with Crippen LogP contribution in [0.4, 0.5) is 0 Å². The number of nitrogens with zero attached hydrogens (tertiary/aromatic N) is 4. The third-order valence-electron chi connectivity index (χ3n) is 4.04. The summed E-state index contributed by atoms with van der Waals surface area (Å²) in [6.07, 6.45) is 6.32. The molecule has 1 N–H and O–H groups in total. The van der Waals surface area contributed by atoms with E-state index in [9.17, 15) is 4.79 Å².